The minimum atomic E-state index is -3.22. The number of nitrogens with zero attached hydrogens (tertiary/aromatic N) is 1. The van der Waals surface area contributed by atoms with Crippen LogP contribution in [-0.4, -0.2) is 39.8 Å². The molecule has 132 valence electrons. The van der Waals surface area contributed by atoms with Crippen LogP contribution in [0.5, 0.6) is 0 Å². The number of hydrogen-bond donors (Lipinski definition) is 0. The van der Waals surface area contributed by atoms with Crippen LogP contribution in [0, 0.1) is 0 Å². The fourth-order valence-corrected chi connectivity index (χ4v) is 4.19. The zero-order valence-electron chi connectivity index (χ0n) is 14.2. The summed E-state index contributed by atoms with van der Waals surface area (Å²) in [5, 5.41) is 0. The molecule has 1 saturated heterocycles. The first kappa shape index (κ1) is 17.4. The van der Waals surface area contributed by atoms with Crippen LogP contribution in [0.4, 0.5) is 5.69 Å². The molecule has 1 aromatic rings. The lowest BCUT2D eigenvalue weighted by atomic mass is 10.00. The summed E-state index contributed by atoms with van der Waals surface area (Å²) >= 11 is 0. The van der Waals surface area contributed by atoms with Crippen molar-refractivity contribution >= 4 is 21.4 Å². The molecule has 0 aliphatic carbocycles. The molecule has 1 amide bonds. The zero-order chi connectivity index (χ0) is 17.2. The Morgan fingerprint density at radius 1 is 1.29 bits per heavy atom. The molecule has 2 aliphatic heterocycles. The second-order valence-electron chi connectivity index (χ2n) is 6.74. The fourth-order valence-electron chi connectivity index (χ4n) is 3.52. The second-order valence-corrected chi connectivity index (χ2v) is 8.75. The molecule has 1 aromatic carbocycles. The van der Waals surface area contributed by atoms with E-state index >= 15 is 0 Å². The molecule has 24 heavy (non-hydrogen) atoms. The van der Waals surface area contributed by atoms with E-state index in [0.717, 1.165) is 50.0 Å². The number of fused-ring (bicyclic) bond motifs is 1. The molecule has 1 atom stereocenters. The van der Waals surface area contributed by atoms with Crippen LogP contribution >= 0.6 is 0 Å². The van der Waals surface area contributed by atoms with Gasteiger partial charge in [0.25, 0.3) is 0 Å². The number of sulfone groups is 1. The van der Waals surface area contributed by atoms with Crippen molar-refractivity contribution in [3.8, 4) is 0 Å². The maximum atomic E-state index is 12.6. The Balaban J connectivity index is 1.70. The lowest BCUT2D eigenvalue weighted by Gasteiger charge is -2.30. The van der Waals surface area contributed by atoms with E-state index in [4.69, 9.17) is 4.74 Å². The fraction of sp³-hybridized carbons (Fsp3) is 0.611. The molecule has 5 nitrogen and oxygen atoms in total. The standard InChI is InChI=1S/C18H25NO4S/c1-24(21,22)16-8-9-17-14(13-16)5-4-11-19(17)18(20)10-7-15-6-2-3-12-23-15/h8-9,13,15H,2-7,10-12H2,1H3. The summed E-state index contributed by atoms with van der Waals surface area (Å²) in [5.41, 5.74) is 1.81. The zero-order valence-corrected chi connectivity index (χ0v) is 15.0. The molecule has 2 aliphatic rings. The van der Waals surface area contributed by atoms with Crippen LogP contribution in [0.15, 0.2) is 23.1 Å². The lowest BCUT2D eigenvalue weighted by Crippen LogP contribution is -2.36. The average Bonchev–Trinajstić information content (AvgIpc) is 2.58. The summed E-state index contributed by atoms with van der Waals surface area (Å²) in [7, 11) is -3.22. The van der Waals surface area contributed by atoms with E-state index in [-0.39, 0.29) is 12.0 Å². The van der Waals surface area contributed by atoms with Gasteiger partial charge in [-0.15, -0.1) is 0 Å². The highest BCUT2D eigenvalue weighted by Gasteiger charge is 2.25. The third-order valence-electron chi connectivity index (χ3n) is 4.85. The van der Waals surface area contributed by atoms with Crippen molar-refractivity contribution in [1.82, 2.24) is 0 Å². The van der Waals surface area contributed by atoms with Gasteiger partial charge in [0.2, 0.25) is 5.91 Å². The number of aryl methyl sites for hydroxylation is 1. The monoisotopic (exact) mass is 351 g/mol. The van der Waals surface area contributed by atoms with Crippen molar-refractivity contribution in [2.75, 3.05) is 24.3 Å². The molecular weight excluding hydrogens is 326 g/mol. The summed E-state index contributed by atoms with van der Waals surface area (Å²) in [6.45, 7) is 1.51. The Morgan fingerprint density at radius 3 is 2.83 bits per heavy atom. The summed E-state index contributed by atoms with van der Waals surface area (Å²) in [6, 6.07) is 5.10. The van der Waals surface area contributed by atoms with Gasteiger partial charge in [-0.1, -0.05) is 0 Å². The van der Waals surface area contributed by atoms with Crippen LogP contribution in [0.3, 0.4) is 0 Å². The molecular formula is C18H25NO4S. The molecule has 0 radical (unpaired) electrons. The molecule has 0 bridgehead atoms. The SMILES string of the molecule is CS(=O)(=O)c1ccc2c(c1)CCCN2C(=O)CCC1CCCCO1. The summed E-state index contributed by atoms with van der Waals surface area (Å²) in [6.07, 6.45) is 7.70. The van der Waals surface area contributed by atoms with Crippen molar-refractivity contribution in [3.05, 3.63) is 23.8 Å². The topological polar surface area (TPSA) is 63.7 Å². The number of benzene rings is 1. The number of carbonyl (C=O) groups is 1. The summed E-state index contributed by atoms with van der Waals surface area (Å²) in [5.74, 6) is 0.109. The molecule has 6 heteroatoms. The van der Waals surface area contributed by atoms with E-state index in [1.807, 2.05) is 4.90 Å². The van der Waals surface area contributed by atoms with E-state index < -0.39 is 9.84 Å². The van der Waals surface area contributed by atoms with Gasteiger partial charge < -0.3 is 9.64 Å². The molecule has 0 spiro atoms. The molecule has 0 aromatic heterocycles. The Kier molecular flexibility index (Phi) is 5.25. The van der Waals surface area contributed by atoms with Crippen LogP contribution in [0.1, 0.15) is 44.1 Å². The first-order chi connectivity index (χ1) is 11.4. The van der Waals surface area contributed by atoms with Crippen LogP contribution < -0.4 is 4.90 Å². The maximum absolute atomic E-state index is 12.6. The summed E-state index contributed by atoms with van der Waals surface area (Å²) < 4.78 is 29.1. The lowest BCUT2D eigenvalue weighted by molar-refractivity contribution is -0.119. The van der Waals surface area contributed by atoms with Gasteiger partial charge in [-0.25, -0.2) is 8.42 Å². The van der Waals surface area contributed by atoms with Gasteiger partial charge in [0.1, 0.15) is 0 Å². The van der Waals surface area contributed by atoms with Gasteiger partial charge >= 0.3 is 0 Å². The highest BCUT2D eigenvalue weighted by molar-refractivity contribution is 7.90. The van der Waals surface area contributed by atoms with Crippen LogP contribution in [0.2, 0.25) is 0 Å². The minimum absolute atomic E-state index is 0.109. The molecule has 2 heterocycles. The van der Waals surface area contributed by atoms with Crippen molar-refractivity contribution < 1.29 is 17.9 Å². The number of rotatable bonds is 4. The van der Waals surface area contributed by atoms with E-state index in [0.29, 0.717) is 17.9 Å². The normalized spacial score (nSPS) is 21.4. The van der Waals surface area contributed by atoms with Gasteiger partial charge in [-0.2, -0.15) is 0 Å². The Bertz CT molecular complexity index is 708. The molecule has 1 unspecified atom stereocenters. The van der Waals surface area contributed by atoms with Gasteiger partial charge in [-0.3, -0.25) is 4.79 Å². The average molecular weight is 351 g/mol. The highest BCUT2D eigenvalue weighted by Crippen LogP contribution is 2.30. The Hall–Kier alpha value is -1.40. The van der Waals surface area contributed by atoms with Crippen LogP contribution in [0.25, 0.3) is 0 Å². The molecule has 3 rings (SSSR count). The van der Waals surface area contributed by atoms with E-state index in [1.165, 1.54) is 12.7 Å². The van der Waals surface area contributed by atoms with Crippen molar-refractivity contribution in [2.24, 2.45) is 0 Å². The van der Waals surface area contributed by atoms with E-state index in [2.05, 4.69) is 0 Å². The van der Waals surface area contributed by atoms with E-state index in [9.17, 15) is 13.2 Å². The van der Waals surface area contributed by atoms with Gasteiger partial charge in [0.15, 0.2) is 9.84 Å². The molecule has 0 N–H and O–H groups in total. The third-order valence-corrected chi connectivity index (χ3v) is 5.96. The number of amides is 1. The van der Waals surface area contributed by atoms with E-state index in [1.54, 1.807) is 18.2 Å². The van der Waals surface area contributed by atoms with Crippen molar-refractivity contribution in [1.29, 1.82) is 0 Å². The number of carbonyl (C=O) groups excluding carboxylic acids is 1. The van der Waals surface area contributed by atoms with Crippen LogP contribution in [-0.2, 0) is 25.8 Å². The minimum Gasteiger partial charge on any atom is -0.378 e. The highest BCUT2D eigenvalue weighted by atomic mass is 32.2. The molecule has 0 saturated carbocycles. The number of hydrogen-bond acceptors (Lipinski definition) is 4. The largest absolute Gasteiger partial charge is 0.378 e. The van der Waals surface area contributed by atoms with Gasteiger partial charge in [0, 0.05) is 31.5 Å². The second kappa shape index (κ2) is 7.23. The smallest absolute Gasteiger partial charge is 0.227 e. The third kappa shape index (κ3) is 3.98. The first-order valence-electron chi connectivity index (χ1n) is 8.70. The number of anilines is 1. The quantitative estimate of drug-likeness (QED) is 0.837. The first-order valence-corrected chi connectivity index (χ1v) is 10.6. The van der Waals surface area contributed by atoms with Gasteiger partial charge in [0.05, 0.1) is 11.0 Å². The molecule has 1 fully saturated rings. The summed E-state index contributed by atoms with van der Waals surface area (Å²) in [4.78, 5) is 14.8. The maximum Gasteiger partial charge on any atom is 0.227 e. The van der Waals surface area contributed by atoms with Crippen molar-refractivity contribution in [2.45, 2.75) is 55.9 Å². The Morgan fingerprint density at radius 2 is 2.12 bits per heavy atom. The van der Waals surface area contributed by atoms with Crippen molar-refractivity contribution in [3.63, 3.8) is 0 Å². The van der Waals surface area contributed by atoms with Gasteiger partial charge in [-0.05, 0) is 62.3 Å². The predicted octanol–water partition coefficient (Wildman–Crippen LogP) is 2.72. The predicted molar refractivity (Wildman–Crippen MR) is 93.1 cm³/mol. The number of ether oxygens (including phenoxy) is 1. The Labute approximate surface area is 143 Å².